The van der Waals surface area contributed by atoms with Gasteiger partial charge in [-0.1, -0.05) is 18.2 Å². The van der Waals surface area contributed by atoms with Gasteiger partial charge in [-0.3, -0.25) is 5.10 Å². The van der Waals surface area contributed by atoms with Crippen molar-refractivity contribution in [2.45, 2.75) is 6.61 Å². The molecule has 0 atom stereocenters. The number of benzene rings is 1. The Labute approximate surface area is 107 Å². The molecule has 0 amide bonds. The maximum Gasteiger partial charge on any atom is 0.229 e. The monoisotopic (exact) mass is 259 g/mol. The Morgan fingerprint density at radius 1 is 1.26 bits per heavy atom. The van der Waals surface area contributed by atoms with Crippen molar-refractivity contribution >= 4 is 17.0 Å². The van der Waals surface area contributed by atoms with E-state index in [0.29, 0.717) is 16.6 Å². The van der Waals surface area contributed by atoms with Gasteiger partial charge in [0.25, 0.3) is 0 Å². The van der Waals surface area contributed by atoms with Crippen molar-refractivity contribution < 1.29 is 9.13 Å². The molecule has 2 aromatic heterocycles. The second-order valence-corrected chi connectivity index (χ2v) is 3.90. The summed E-state index contributed by atoms with van der Waals surface area (Å²) in [5.41, 5.74) is 6.48. The summed E-state index contributed by atoms with van der Waals surface area (Å²) in [5, 5.41) is 7.12. The molecular weight excluding hydrogens is 249 g/mol. The Morgan fingerprint density at radius 3 is 2.95 bits per heavy atom. The van der Waals surface area contributed by atoms with E-state index < -0.39 is 0 Å². The molecule has 0 saturated heterocycles. The van der Waals surface area contributed by atoms with Crippen LogP contribution < -0.4 is 10.5 Å². The summed E-state index contributed by atoms with van der Waals surface area (Å²) >= 11 is 0. The van der Waals surface area contributed by atoms with E-state index in [9.17, 15) is 4.39 Å². The predicted octanol–water partition coefficient (Wildman–Crippen LogP) is 1.65. The van der Waals surface area contributed by atoms with Gasteiger partial charge in [-0.25, -0.2) is 4.39 Å². The number of halogens is 1. The Kier molecular flexibility index (Phi) is 2.71. The summed E-state index contributed by atoms with van der Waals surface area (Å²) in [6, 6.07) is 6.38. The molecule has 3 aromatic rings. The van der Waals surface area contributed by atoms with Crippen molar-refractivity contribution in [2.24, 2.45) is 0 Å². The Bertz CT molecular complexity index is 727. The van der Waals surface area contributed by atoms with E-state index in [0.717, 1.165) is 0 Å². The van der Waals surface area contributed by atoms with Gasteiger partial charge in [0.05, 0.1) is 6.20 Å². The van der Waals surface area contributed by atoms with Gasteiger partial charge >= 0.3 is 0 Å². The fraction of sp³-hybridized carbons (Fsp3) is 0.0833. The fourth-order valence-electron chi connectivity index (χ4n) is 1.70. The number of aromatic amines is 1. The smallest absolute Gasteiger partial charge is 0.229 e. The number of anilines is 1. The Balaban J connectivity index is 1.90. The topological polar surface area (TPSA) is 89.7 Å². The van der Waals surface area contributed by atoms with E-state index in [1.165, 1.54) is 12.3 Å². The van der Waals surface area contributed by atoms with Crippen molar-refractivity contribution in [2.75, 3.05) is 5.73 Å². The molecular formula is C12H10FN5O. The maximum atomic E-state index is 13.5. The van der Waals surface area contributed by atoms with Crippen LogP contribution in [0.25, 0.3) is 11.0 Å². The highest BCUT2D eigenvalue weighted by molar-refractivity contribution is 5.80. The molecule has 0 fully saturated rings. The van der Waals surface area contributed by atoms with Crippen LogP contribution in [0.15, 0.2) is 30.5 Å². The molecule has 96 valence electrons. The van der Waals surface area contributed by atoms with Crippen molar-refractivity contribution in [1.29, 1.82) is 0 Å². The van der Waals surface area contributed by atoms with Gasteiger partial charge in [0.2, 0.25) is 11.8 Å². The van der Waals surface area contributed by atoms with Gasteiger partial charge in [0.1, 0.15) is 17.8 Å². The standard InChI is InChI=1S/C12H10FN5O/c13-9-4-2-1-3-7(9)6-19-11-8-5-15-18-10(8)16-12(14)17-11/h1-5H,6H2,(H3,14,15,16,17,18). The highest BCUT2D eigenvalue weighted by Crippen LogP contribution is 2.22. The van der Waals surface area contributed by atoms with Gasteiger partial charge in [-0.2, -0.15) is 15.1 Å². The van der Waals surface area contributed by atoms with Crippen LogP contribution in [-0.4, -0.2) is 20.2 Å². The highest BCUT2D eigenvalue weighted by atomic mass is 19.1. The lowest BCUT2D eigenvalue weighted by Crippen LogP contribution is -2.03. The molecule has 0 saturated carbocycles. The summed E-state index contributed by atoms with van der Waals surface area (Å²) in [6.45, 7) is 0.0589. The van der Waals surface area contributed by atoms with Crippen LogP contribution in [0.2, 0.25) is 0 Å². The second kappa shape index (κ2) is 4.52. The number of nitrogens with zero attached hydrogens (tertiary/aromatic N) is 3. The maximum absolute atomic E-state index is 13.5. The molecule has 0 aliphatic heterocycles. The largest absolute Gasteiger partial charge is 0.472 e. The number of H-pyrrole nitrogens is 1. The third kappa shape index (κ3) is 2.17. The molecule has 19 heavy (non-hydrogen) atoms. The first-order valence-corrected chi connectivity index (χ1v) is 5.57. The average Bonchev–Trinajstić information content (AvgIpc) is 2.85. The molecule has 7 heteroatoms. The molecule has 0 bridgehead atoms. The number of fused-ring (bicyclic) bond motifs is 1. The molecule has 2 heterocycles. The molecule has 0 aliphatic carbocycles. The van der Waals surface area contributed by atoms with Gasteiger partial charge in [0, 0.05) is 5.56 Å². The molecule has 6 nitrogen and oxygen atoms in total. The van der Waals surface area contributed by atoms with Crippen LogP contribution in [0.3, 0.4) is 0 Å². The average molecular weight is 259 g/mol. The van der Waals surface area contributed by atoms with Crippen LogP contribution in [-0.2, 0) is 6.61 Å². The van der Waals surface area contributed by atoms with Gasteiger partial charge in [0.15, 0.2) is 5.65 Å². The summed E-state index contributed by atoms with van der Waals surface area (Å²) in [6.07, 6.45) is 1.53. The Morgan fingerprint density at radius 2 is 2.11 bits per heavy atom. The molecule has 3 N–H and O–H groups in total. The van der Waals surface area contributed by atoms with Gasteiger partial charge < -0.3 is 10.5 Å². The van der Waals surface area contributed by atoms with Crippen LogP contribution >= 0.6 is 0 Å². The number of nitrogen functional groups attached to an aromatic ring is 1. The Hall–Kier alpha value is -2.70. The third-order valence-corrected chi connectivity index (χ3v) is 2.61. The zero-order chi connectivity index (χ0) is 13.2. The summed E-state index contributed by atoms with van der Waals surface area (Å²) in [5.74, 6) is 0.0211. The molecule has 3 rings (SSSR count). The minimum atomic E-state index is -0.326. The minimum Gasteiger partial charge on any atom is -0.472 e. The second-order valence-electron chi connectivity index (χ2n) is 3.90. The van der Waals surface area contributed by atoms with Crippen LogP contribution in [0.1, 0.15) is 5.56 Å². The first-order valence-electron chi connectivity index (χ1n) is 5.57. The number of hydrogen-bond acceptors (Lipinski definition) is 5. The van der Waals surface area contributed by atoms with E-state index in [1.54, 1.807) is 18.2 Å². The normalized spacial score (nSPS) is 10.8. The van der Waals surface area contributed by atoms with Crippen LogP contribution in [0.5, 0.6) is 5.88 Å². The lowest BCUT2D eigenvalue weighted by molar-refractivity contribution is 0.292. The summed E-state index contributed by atoms with van der Waals surface area (Å²) in [4.78, 5) is 7.94. The summed E-state index contributed by atoms with van der Waals surface area (Å²) in [7, 11) is 0. The predicted molar refractivity (Wildman–Crippen MR) is 66.8 cm³/mol. The van der Waals surface area contributed by atoms with E-state index in [2.05, 4.69) is 20.2 Å². The van der Waals surface area contributed by atoms with E-state index in [1.807, 2.05) is 0 Å². The zero-order valence-electron chi connectivity index (χ0n) is 9.80. The zero-order valence-corrected chi connectivity index (χ0v) is 9.80. The molecule has 0 unspecified atom stereocenters. The molecule has 0 aliphatic rings. The summed E-state index contributed by atoms with van der Waals surface area (Å²) < 4.78 is 19.0. The lowest BCUT2D eigenvalue weighted by atomic mass is 10.2. The number of nitrogens with one attached hydrogen (secondary N) is 1. The highest BCUT2D eigenvalue weighted by Gasteiger charge is 2.10. The number of nitrogens with two attached hydrogens (primary N) is 1. The van der Waals surface area contributed by atoms with Crippen molar-refractivity contribution in [3.05, 3.63) is 41.8 Å². The minimum absolute atomic E-state index is 0.0589. The van der Waals surface area contributed by atoms with Crippen LogP contribution in [0.4, 0.5) is 10.3 Å². The SMILES string of the molecule is Nc1nc(OCc2ccccc2F)c2cn[nH]c2n1. The van der Waals surface area contributed by atoms with Crippen molar-refractivity contribution in [1.82, 2.24) is 20.2 Å². The number of rotatable bonds is 3. The van der Waals surface area contributed by atoms with Gasteiger partial charge in [-0.05, 0) is 6.07 Å². The molecule has 1 aromatic carbocycles. The van der Waals surface area contributed by atoms with Crippen molar-refractivity contribution in [3.8, 4) is 5.88 Å². The quantitative estimate of drug-likeness (QED) is 0.746. The van der Waals surface area contributed by atoms with Crippen molar-refractivity contribution in [3.63, 3.8) is 0 Å². The number of ether oxygens (including phenoxy) is 1. The third-order valence-electron chi connectivity index (χ3n) is 2.61. The lowest BCUT2D eigenvalue weighted by Gasteiger charge is -2.07. The van der Waals surface area contributed by atoms with Crippen LogP contribution in [0, 0.1) is 5.82 Å². The van der Waals surface area contributed by atoms with E-state index in [4.69, 9.17) is 10.5 Å². The molecule has 0 spiro atoms. The van der Waals surface area contributed by atoms with E-state index >= 15 is 0 Å². The number of hydrogen-bond donors (Lipinski definition) is 2. The first kappa shape index (κ1) is 11.4. The number of aromatic nitrogens is 4. The van der Waals surface area contributed by atoms with Gasteiger partial charge in [-0.15, -0.1) is 0 Å². The van der Waals surface area contributed by atoms with E-state index in [-0.39, 0.29) is 24.3 Å². The fourth-order valence-corrected chi connectivity index (χ4v) is 1.70. The first-order chi connectivity index (χ1) is 9.24. The molecule has 0 radical (unpaired) electrons.